The summed E-state index contributed by atoms with van der Waals surface area (Å²) in [6.45, 7) is 4.15. The molecule has 1 heteroatoms. The zero-order chi connectivity index (χ0) is 10.6. The molecule has 0 saturated heterocycles. The van der Waals surface area contributed by atoms with Gasteiger partial charge in [-0.2, -0.15) is 0 Å². The maximum absolute atomic E-state index is 9.49. The van der Waals surface area contributed by atoms with E-state index in [-0.39, 0.29) is 6.10 Å². The standard InChI is InChI=1S/C13H22O/c1-3-5-7-8-10-12-13(14)11-9-6-4-2/h3,5,7-8,10,12-14H,4,6,9,11H2,1-2H3/b5-3+,8-7+,12-10+/t13-/m0/s1. The molecule has 0 aliphatic heterocycles. The van der Waals surface area contributed by atoms with Crippen molar-refractivity contribution in [3.8, 4) is 0 Å². The molecule has 14 heavy (non-hydrogen) atoms. The van der Waals surface area contributed by atoms with Gasteiger partial charge in [-0.05, 0) is 13.3 Å². The van der Waals surface area contributed by atoms with Gasteiger partial charge in [-0.25, -0.2) is 0 Å². The summed E-state index contributed by atoms with van der Waals surface area (Å²) < 4.78 is 0. The van der Waals surface area contributed by atoms with Crippen LogP contribution >= 0.6 is 0 Å². The summed E-state index contributed by atoms with van der Waals surface area (Å²) in [7, 11) is 0. The van der Waals surface area contributed by atoms with Crippen LogP contribution in [0.25, 0.3) is 0 Å². The van der Waals surface area contributed by atoms with E-state index in [1.165, 1.54) is 12.8 Å². The van der Waals surface area contributed by atoms with E-state index in [0.717, 1.165) is 12.8 Å². The minimum absolute atomic E-state index is 0.281. The molecule has 0 unspecified atom stereocenters. The lowest BCUT2D eigenvalue weighted by Gasteiger charge is -2.02. The number of hydrogen-bond acceptors (Lipinski definition) is 1. The van der Waals surface area contributed by atoms with Gasteiger partial charge in [0.1, 0.15) is 0 Å². The van der Waals surface area contributed by atoms with Crippen molar-refractivity contribution in [3.05, 3.63) is 36.5 Å². The number of hydrogen-bond donors (Lipinski definition) is 1. The zero-order valence-electron chi connectivity index (χ0n) is 9.32. The molecule has 0 saturated carbocycles. The van der Waals surface area contributed by atoms with Gasteiger partial charge >= 0.3 is 0 Å². The van der Waals surface area contributed by atoms with Crippen LogP contribution < -0.4 is 0 Å². The minimum Gasteiger partial charge on any atom is -0.389 e. The molecule has 80 valence electrons. The Morgan fingerprint density at radius 1 is 1.07 bits per heavy atom. The van der Waals surface area contributed by atoms with E-state index in [2.05, 4.69) is 6.92 Å². The van der Waals surface area contributed by atoms with Crippen molar-refractivity contribution in [2.24, 2.45) is 0 Å². The minimum atomic E-state index is -0.281. The van der Waals surface area contributed by atoms with Gasteiger partial charge < -0.3 is 5.11 Å². The first-order valence-electron chi connectivity index (χ1n) is 5.45. The highest BCUT2D eigenvalue weighted by Gasteiger charge is 1.96. The van der Waals surface area contributed by atoms with Gasteiger partial charge in [-0.15, -0.1) is 0 Å². The molecule has 0 heterocycles. The monoisotopic (exact) mass is 194 g/mol. The Bertz CT molecular complexity index is 189. The molecular formula is C13H22O. The van der Waals surface area contributed by atoms with Crippen LogP contribution in [-0.2, 0) is 0 Å². The number of unbranched alkanes of at least 4 members (excludes halogenated alkanes) is 2. The molecule has 0 fully saturated rings. The third-order valence-electron chi connectivity index (χ3n) is 1.96. The van der Waals surface area contributed by atoms with Crippen molar-refractivity contribution < 1.29 is 5.11 Å². The molecule has 1 N–H and O–H groups in total. The molecule has 0 bridgehead atoms. The Morgan fingerprint density at radius 3 is 2.43 bits per heavy atom. The maximum Gasteiger partial charge on any atom is 0.0723 e. The fraction of sp³-hybridized carbons (Fsp3) is 0.538. The second-order valence-electron chi connectivity index (χ2n) is 3.36. The van der Waals surface area contributed by atoms with E-state index in [1.54, 1.807) is 0 Å². The number of aliphatic hydroxyl groups excluding tert-OH is 1. The van der Waals surface area contributed by atoms with Gasteiger partial charge in [-0.3, -0.25) is 0 Å². The number of allylic oxidation sites excluding steroid dienone is 5. The predicted octanol–water partition coefficient (Wildman–Crippen LogP) is 3.62. The lowest BCUT2D eigenvalue weighted by Crippen LogP contribution is -2.00. The smallest absolute Gasteiger partial charge is 0.0723 e. The molecule has 1 nitrogen and oxygen atoms in total. The molecule has 0 aromatic heterocycles. The van der Waals surface area contributed by atoms with Crippen molar-refractivity contribution in [2.45, 2.75) is 45.6 Å². The summed E-state index contributed by atoms with van der Waals surface area (Å²) in [4.78, 5) is 0. The van der Waals surface area contributed by atoms with Crippen LogP contribution in [0.1, 0.15) is 39.5 Å². The van der Waals surface area contributed by atoms with Crippen molar-refractivity contribution in [1.29, 1.82) is 0 Å². The predicted molar refractivity (Wildman–Crippen MR) is 63.2 cm³/mol. The average molecular weight is 194 g/mol. The first-order valence-corrected chi connectivity index (χ1v) is 5.45. The zero-order valence-corrected chi connectivity index (χ0v) is 9.32. The topological polar surface area (TPSA) is 20.2 Å². The first kappa shape index (κ1) is 13.2. The largest absolute Gasteiger partial charge is 0.389 e. The molecule has 0 amide bonds. The lowest BCUT2D eigenvalue weighted by atomic mass is 10.1. The van der Waals surface area contributed by atoms with Gasteiger partial charge in [0.05, 0.1) is 6.10 Å². The molecule has 0 aromatic rings. The third kappa shape index (κ3) is 9.27. The Labute approximate surface area is 87.8 Å². The first-order chi connectivity index (χ1) is 6.81. The highest BCUT2D eigenvalue weighted by molar-refractivity contribution is 5.11. The molecule has 1 atom stereocenters. The Kier molecular flexibility index (Phi) is 9.66. The fourth-order valence-electron chi connectivity index (χ4n) is 1.13. The summed E-state index contributed by atoms with van der Waals surface area (Å²) in [6, 6.07) is 0. The number of rotatable bonds is 7. The highest BCUT2D eigenvalue weighted by Crippen LogP contribution is 2.04. The van der Waals surface area contributed by atoms with Crippen LogP contribution in [0.4, 0.5) is 0 Å². The van der Waals surface area contributed by atoms with E-state index in [1.807, 2.05) is 43.4 Å². The third-order valence-corrected chi connectivity index (χ3v) is 1.96. The van der Waals surface area contributed by atoms with Crippen LogP contribution in [0.15, 0.2) is 36.5 Å². The normalized spacial score (nSPS) is 14.8. The SMILES string of the molecule is C/C=C/C=C/C=C/[C@@H](O)CCCCC. The maximum atomic E-state index is 9.49. The average Bonchev–Trinajstić information content (AvgIpc) is 2.18. The molecule has 0 aliphatic rings. The van der Waals surface area contributed by atoms with Crippen molar-refractivity contribution in [3.63, 3.8) is 0 Å². The summed E-state index contributed by atoms with van der Waals surface area (Å²) in [5, 5.41) is 9.49. The van der Waals surface area contributed by atoms with E-state index in [9.17, 15) is 5.11 Å². The van der Waals surface area contributed by atoms with Crippen molar-refractivity contribution in [2.75, 3.05) is 0 Å². The van der Waals surface area contributed by atoms with E-state index in [4.69, 9.17) is 0 Å². The molecule has 0 spiro atoms. The summed E-state index contributed by atoms with van der Waals surface area (Å²) in [5.41, 5.74) is 0. The summed E-state index contributed by atoms with van der Waals surface area (Å²) in [6.07, 6.45) is 15.7. The Morgan fingerprint density at radius 2 is 1.79 bits per heavy atom. The lowest BCUT2D eigenvalue weighted by molar-refractivity contribution is 0.208. The van der Waals surface area contributed by atoms with Crippen molar-refractivity contribution in [1.82, 2.24) is 0 Å². The quantitative estimate of drug-likeness (QED) is 0.485. The van der Waals surface area contributed by atoms with Crippen LogP contribution in [0.2, 0.25) is 0 Å². The van der Waals surface area contributed by atoms with Crippen LogP contribution in [0.3, 0.4) is 0 Å². The second-order valence-corrected chi connectivity index (χ2v) is 3.36. The van der Waals surface area contributed by atoms with E-state index in [0.29, 0.717) is 0 Å². The molecule has 0 radical (unpaired) electrons. The van der Waals surface area contributed by atoms with Gasteiger partial charge in [0.15, 0.2) is 0 Å². The molecular weight excluding hydrogens is 172 g/mol. The van der Waals surface area contributed by atoms with Crippen LogP contribution in [0.5, 0.6) is 0 Å². The molecule has 0 rings (SSSR count). The van der Waals surface area contributed by atoms with Crippen LogP contribution in [0, 0.1) is 0 Å². The molecule has 0 aliphatic carbocycles. The molecule has 0 aromatic carbocycles. The second kappa shape index (κ2) is 10.3. The van der Waals surface area contributed by atoms with E-state index >= 15 is 0 Å². The highest BCUT2D eigenvalue weighted by atomic mass is 16.3. The van der Waals surface area contributed by atoms with Crippen molar-refractivity contribution >= 4 is 0 Å². The van der Waals surface area contributed by atoms with Crippen LogP contribution in [-0.4, -0.2) is 11.2 Å². The van der Waals surface area contributed by atoms with Gasteiger partial charge in [0, 0.05) is 0 Å². The Balaban J connectivity index is 3.54. The van der Waals surface area contributed by atoms with Gasteiger partial charge in [-0.1, -0.05) is 62.6 Å². The van der Waals surface area contributed by atoms with Gasteiger partial charge in [0.2, 0.25) is 0 Å². The Hall–Kier alpha value is -0.820. The summed E-state index contributed by atoms with van der Waals surface area (Å²) >= 11 is 0. The summed E-state index contributed by atoms with van der Waals surface area (Å²) in [5.74, 6) is 0. The fourth-order valence-corrected chi connectivity index (χ4v) is 1.13. The van der Waals surface area contributed by atoms with Gasteiger partial charge in [0.25, 0.3) is 0 Å². The number of aliphatic hydroxyl groups is 1. The van der Waals surface area contributed by atoms with E-state index < -0.39 is 0 Å².